The lowest BCUT2D eigenvalue weighted by atomic mass is 10.0. The quantitative estimate of drug-likeness (QED) is 0.323. The molecule has 0 spiro atoms. The van der Waals surface area contributed by atoms with Crippen LogP contribution in [-0.4, -0.2) is 37.6 Å². The SMILES string of the molecule is CCOc1ccc(C2CC(CNS(=O)(=O)c3cccc4nonc34)=NN2c2ccc(Cl)cc2Cl)cc1. The first-order chi connectivity index (χ1) is 17.4. The number of rotatable bonds is 8. The van der Waals surface area contributed by atoms with Crippen molar-refractivity contribution in [1.82, 2.24) is 15.0 Å². The number of hydrogen-bond donors (Lipinski definition) is 1. The van der Waals surface area contributed by atoms with Gasteiger partial charge in [-0.25, -0.2) is 17.8 Å². The Morgan fingerprint density at radius 2 is 1.92 bits per heavy atom. The van der Waals surface area contributed by atoms with Crippen LogP contribution in [0.1, 0.15) is 24.9 Å². The molecule has 3 aromatic carbocycles. The highest BCUT2D eigenvalue weighted by Gasteiger charge is 2.31. The number of hydrogen-bond acceptors (Lipinski definition) is 8. The Hall–Kier alpha value is -3.18. The van der Waals surface area contributed by atoms with Crippen LogP contribution in [-0.2, 0) is 10.0 Å². The maximum atomic E-state index is 13.1. The van der Waals surface area contributed by atoms with Crippen LogP contribution in [0.3, 0.4) is 0 Å². The molecular formula is C24H21Cl2N5O4S. The molecule has 0 amide bonds. The third-order valence-corrected chi connectivity index (χ3v) is 7.68. The second-order valence-electron chi connectivity index (χ2n) is 8.04. The Labute approximate surface area is 217 Å². The summed E-state index contributed by atoms with van der Waals surface area (Å²) >= 11 is 12.6. The molecule has 1 unspecified atom stereocenters. The number of ether oxygens (including phenoxy) is 1. The third kappa shape index (κ3) is 4.90. The summed E-state index contributed by atoms with van der Waals surface area (Å²) in [7, 11) is -3.91. The average molecular weight is 546 g/mol. The van der Waals surface area contributed by atoms with Gasteiger partial charge in [-0.1, -0.05) is 41.4 Å². The number of nitrogens with zero attached hydrogens (tertiary/aromatic N) is 4. The predicted octanol–water partition coefficient (Wildman–Crippen LogP) is 5.21. The molecule has 0 bridgehead atoms. The highest BCUT2D eigenvalue weighted by molar-refractivity contribution is 7.89. The summed E-state index contributed by atoms with van der Waals surface area (Å²) < 4.78 is 39.0. The number of fused-ring (bicyclic) bond motifs is 1. The van der Waals surface area contributed by atoms with Crippen molar-refractivity contribution in [2.24, 2.45) is 5.10 Å². The zero-order valence-electron chi connectivity index (χ0n) is 19.1. The van der Waals surface area contributed by atoms with Gasteiger partial charge in [0.15, 0.2) is 5.52 Å². The maximum absolute atomic E-state index is 13.1. The standard InChI is InChI=1S/C24H21Cl2N5O4S/c1-2-34-18-9-6-15(7-10-18)22-13-17(28-31(22)21-11-8-16(25)12-19(21)26)14-27-36(32,33)23-5-3-4-20-24(23)30-35-29-20/h3-12,22,27H,2,13-14H2,1H3. The van der Waals surface area contributed by atoms with Crippen LogP contribution in [0.25, 0.3) is 11.0 Å². The second-order valence-corrected chi connectivity index (χ2v) is 10.6. The first-order valence-corrected chi connectivity index (χ1v) is 13.3. The first kappa shape index (κ1) is 24.5. The van der Waals surface area contributed by atoms with Crippen LogP contribution >= 0.6 is 23.2 Å². The molecule has 0 saturated heterocycles. The Bertz CT molecular complexity index is 1540. The minimum atomic E-state index is -3.91. The highest BCUT2D eigenvalue weighted by Crippen LogP contribution is 2.40. The van der Waals surface area contributed by atoms with Gasteiger partial charge >= 0.3 is 0 Å². The molecule has 9 nitrogen and oxygen atoms in total. The largest absolute Gasteiger partial charge is 0.494 e. The minimum absolute atomic E-state index is 0.000755. The zero-order valence-corrected chi connectivity index (χ0v) is 21.4. The third-order valence-electron chi connectivity index (χ3n) is 5.71. The van der Waals surface area contributed by atoms with Crippen molar-refractivity contribution in [2.75, 3.05) is 18.2 Å². The lowest BCUT2D eigenvalue weighted by molar-refractivity contribution is 0.315. The molecule has 1 atom stereocenters. The molecule has 1 N–H and O–H groups in total. The molecule has 1 aromatic heterocycles. The van der Waals surface area contributed by atoms with E-state index >= 15 is 0 Å². The van der Waals surface area contributed by atoms with E-state index in [0.717, 1.165) is 11.3 Å². The van der Waals surface area contributed by atoms with Gasteiger partial charge < -0.3 is 4.74 Å². The number of anilines is 1. The summed E-state index contributed by atoms with van der Waals surface area (Å²) in [5.41, 5.74) is 2.80. The Kier molecular flexibility index (Phi) is 6.85. The van der Waals surface area contributed by atoms with Crippen LogP contribution in [0.4, 0.5) is 5.69 Å². The Morgan fingerprint density at radius 3 is 2.67 bits per heavy atom. The van der Waals surface area contributed by atoms with Gasteiger partial charge in [0.05, 0.1) is 35.6 Å². The van der Waals surface area contributed by atoms with Gasteiger partial charge in [-0.3, -0.25) is 5.01 Å². The van der Waals surface area contributed by atoms with Gasteiger partial charge in [-0.15, -0.1) is 0 Å². The number of halogens is 2. The molecule has 2 heterocycles. The zero-order chi connectivity index (χ0) is 25.3. The van der Waals surface area contributed by atoms with Crippen molar-refractivity contribution in [3.8, 4) is 5.75 Å². The molecule has 1 aliphatic heterocycles. The number of nitrogens with one attached hydrogen (secondary N) is 1. The summed E-state index contributed by atoms with van der Waals surface area (Å²) in [6.07, 6.45) is 0.477. The molecule has 1 aliphatic rings. The fourth-order valence-corrected chi connectivity index (χ4v) is 5.70. The Balaban J connectivity index is 1.42. The normalized spacial score (nSPS) is 15.9. The molecule has 5 rings (SSSR count). The maximum Gasteiger partial charge on any atom is 0.243 e. The van der Waals surface area contributed by atoms with E-state index < -0.39 is 10.0 Å². The van der Waals surface area contributed by atoms with Crippen molar-refractivity contribution < 1.29 is 17.8 Å². The first-order valence-electron chi connectivity index (χ1n) is 11.1. The van der Waals surface area contributed by atoms with E-state index in [-0.39, 0.29) is 23.0 Å². The van der Waals surface area contributed by atoms with Crippen LogP contribution in [0.2, 0.25) is 10.0 Å². The van der Waals surface area contributed by atoms with Gasteiger partial charge in [0.25, 0.3) is 0 Å². The van der Waals surface area contributed by atoms with Crippen molar-refractivity contribution in [1.29, 1.82) is 0 Å². The van der Waals surface area contributed by atoms with E-state index in [1.807, 2.05) is 31.2 Å². The van der Waals surface area contributed by atoms with Gasteiger partial charge in [0.1, 0.15) is 16.2 Å². The summed E-state index contributed by atoms with van der Waals surface area (Å²) in [6.45, 7) is 2.50. The number of sulfonamides is 1. The lowest BCUT2D eigenvalue weighted by Gasteiger charge is -2.25. The fraction of sp³-hybridized carbons (Fsp3) is 0.208. The summed E-state index contributed by atoms with van der Waals surface area (Å²) in [6, 6.07) is 17.4. The van der Waals surface area contributed by atoms with Crippen LogP contribution in [0.15, 0.2) is 75.3 Å². The van der Waals surface area contributed by atoms with Gasteiger partial charge in [-0.05, 0) is 65.3 Å². The minimum Gasteiger partial charge on any atom is -0.494 e. The summed E-state index contributed by atoms with van der Waals surface area (Å²) in [4.78, 5) is -0.0134. The highest BCUT2D eigenvalue weighted by atomic mass is 35.5. The van der Waals surface area contributed by atoms with Gasteiger partial charge in [-0.2, -0.15) is 5.10 Å². The average Bonchev–Trinajstić information content (AvgIpc) is 3.51. The summed E-state index contributed by atoms with van der Waals surface area (Å²) in [5.74, 6) is 0.765. The molecule has 0 aliphatic carbocycles. The van der Waals surface area contributed by atoms with E-state index in [4.69, 9.17) is 37.7 Å². The molecular weight excluding hydrogens is 525 g/mol. The van der Waals surface area contributed by atoms with E-state index in [9.17, 15) is 8.42 Å². The molecule has 186 valence electrons. The van der Waals surface area contributed by atoms with E-state index in [0.29, 0.717) is 40.0 Å². The van der Waals surface area contributed by atoms with Crippen LogP contribution in [0.5, 0.6) is 5.75 Å². The smallest absolute Gasteiger partial charge is 0.243 e. The van der Waals surface area contributed by atoms with Crippen LogP contribution < -0.4 is 14.5 Å². The van der Waals surface area contributed by atoms with Crippen molar-refractivity contribution in [3.63, 3.8) is 0 Å². The van der Waals surface area contributed by atoms with E-state index in [2.05, 4.69) is 15.0 Å². The second kappa shape index (κ2) is 10.1. The van der Waals surface area contributed by atoms with Crippen molar-refractivity contribution in [2.45, 2.75) is 24.3 Å². The van der Waals surface area contributed by atoms with Crippen molar-refractivity contribution >= 4 is 55.7 Å². The van der Waals surface area contributed by atoms with Gasteiger partial charge in [0.2, 0.25) is 10.0 Å². The topological polar surface area (TPSA) is 110 Å². The fourth-order valence-electron chi connectivity index (χ4n) is 4.04. The molecule has 0 fully saturated rings. The predicted molar refractivity (Wildman–Crippen MR) is 138 cm³/mol. The molecule has 12 heteroatoms. The summed E-state index contributed by atoms with van der Waals surface area (Å²) in [5, 5.41) is 14.9. The van der Waals surface area contributed by atoms with Crippen molar-refractivity contribution in [3.05, 3.63) is 76.3 Å². The molecule has 36 heavy (non-hydrogen) atoms. The molecule has 4 aromatic rings. The van der Waals surface area contributed by atoms with Crippen LogP contribution in [0, 0.1) is 0 Å². The number of aromatic nitrogens is 2. The Morgan fingerprint density at radius 1 is 1.11 bits per heavy atom. The number of benzene rings is 3. The van der Waals surface area contributed by atoms with E-state index in [1.54, 1.807) is 35.3 Å². The van der Waals surface area contributed by atoms with E-state index in [1.165, 1.54) is 6.07 Å². The monoisotopic (exact) mass is 545 g/mol. The molecule has 0 saturated carbocycles. The van der Waals surface area contributed by atoms with Gasteiger partial charge in [0, 0.05) is 11.4 Å². The number of hydrazone groups is 1. The molecule has 0 radical (unpaired) electrons. The lowest BCUT2D eigenvalue weighted by Crippen LogP contribution is -2.29.